The molecule has 0 N–H and O–H groups in total. The number of nitrogens with zero attached hydrogens (tertiary/aromatic N) is 4. The maximum Gasteiger partial charge on any atom is 0.149 e. The molecule has 2 heterocycles. The second kappa shape index (κ2) is 7.81. The topological polar surface area (TPSA) is 73.4 Å². The third kappa shape index (κ3) is 3.23. The number of rotatable bonds is 2. The standard InChI is InChI=1S/C30H16N4/c31-17-29-25-13-22-12-24-16-28(20-9-5-2-6-10-20)34-30(18-32)26(24)14-21(22)11-23(25)15-27(33-29)19-7-3-1-4-8-19/h1-16H. The van der Waals surface area contributed by atoms with E-state index < -0.39 is 0 Å². The van der Waals surface area contributed by atoms with Gasteiger partial charge in [0.05, 0.1) is 11.4 Å². The van der Waals surface area contributed by atoms with E-state index in [0.29, 0.717) is 11.4 Å². The molecule has 0 bridgehead atoms. The Kier molecular flexibility index (Phi) is 4.51. The molecule has 0 fully saturated rings. The van der Waals surface area contributed by atoms with Crippen molar-refractivity contribution in [3.8, 4) is 34.7 Å². The van der Waals surface area contributed by atoms with Crippen LogP contribution in [0.2, 0.25) is 0 Å². The summed E-state index contributed by atoms with van der Waals surface area (Å²) in [6, 6.07) is 36.4. The van der Waals surface area contributed by atoms with E-state index in [0.717, 1.165) is 54.8 Å². The average Bonchev–Trinajstić information content (AvgIpc) is 2.90. The first-order chi connectivity index (χ1) is 16.7. The zero-order valence-corrected chi connectivity index (χ0v) is 18.0. The Morgan fingerprint density at radius 1 is 0.471 bits per heavy atom. The van der Waals surface area contributed by atoms with Gasteiger partial charge in [-0.2, -0.15) is 10.5 Å². The summed E-state index contributed by atoms with van der Waals surface area (Å²) >= 11 is 0. The molecular formula is C30H16N4. The third-order valence-electron chi connectivity index (χ3n) is 6.09. The van der Waals surface area contributed by atoms with E-state index >= 15 is 0 Å². The van der Waals surface area contributed by atoms with Crippen molar-refractivity contribution in [2.24, 2.45) is 0 Å². The molecule has 34 heavy (non-hydrogen) atoms. The minimum atomic E-state index is 0.399. The Labute approximate surface area is 196 Å². The number of fused-ring (bicyclic) bond motifs is 3. The van der Waals surface area contributed by atoms with Crippen LogP contribution in [0.3, 0.4) is 0 Å². The largest absolute Gasteiger partial charge is 0.236 e. The van der Waals surface area contributed by atoms with E-state index in [1.54, 1.807) is 0 Å². The lowest BCUT2D eigenvalue weighted by molar-refractivity contribution is 1.29. The highest BCUT2D eigenvalue weighted by molar-refractivity contribution is 6.07. The normalized spacial score (nSPS) is 10.9. The summed E-state index contributed by atoms with van der Waals surface area (Å²) in [4.78, 5) is 9.25. The fraction of sp³-hybridized carbons (Fsp3) is 0. The number of nitriles is 2. The molecule has 0 saturated heterocycles. The lowest BCUT2D eigenvalue weighted by atomic mass is 9.97. The molecule has 6 rings (SSSR count). The van der Waals surface area contributed by atoms with Crippen molar-refractivity contribution in [2.75, 3.05) is 0 Å². The summed E-state index contributed by atoms with van der Waals surface area (Å²) in [6.45, 7) is 0. The Bertz CT molecular complexity index is 1670. The quantitative estimate of drug-likeness (QED) is 0.276. The van der Waals surface area contributed by atoms with Gasteiger partial charge in [-0.1, -0.05) is 60.7 Å². The molecule has 0 saturated carbocycles. The molecule has 0 spiro atoms. The first-order valence-electron chi connectivity index (χ1n) is 10.9. The van der Waals surface area contributed by atoms with Gasteiger partial charge in [0.15, 0.2) is 0 Å². The molecule has 4 heteroatoms. The van der Waals surface area contributed by atoms with Crippen LogP contribution in [0.25, 0.3) is 54.8 Å². The van der Waals surface area contributed by atoms with Gasteiger partial charge in [0.25, 0.3) is 0 Å². The minimum absolute atomic E-state index is 0.399. The lowest BCUT2D eigenvalue weighted by Gasteiger charge is -2.10. The number of pyridine rings is 2. The minimum Gasteiger partial charge on any atom is -0.236 e. The van der Waals surface area contributed by atoms with Crippen molar-refractivity contribution in [1.82, 2.24) is 9.97 Å². The van der Waals surface area contributed by atoms with Crippen molar-refractivity contribution < 1.29 is 0 Å². The second-order valence-electron chi connectivity index (χ2n) is 8.16. The van der Waals surface area contributed by atoms with E-state index in [2.05, 4.69) is 34.2 Å². The van der Waals surface area contributed by atoms with Gasteiger partial charge in [-0.25, -0.2) is 9.97 Å². The van der Waals surface area contributed by atoms with Gasteiger partial charge in [-0.15, -0.1) is 0 Å². The highest BCUT2D eigenvalue weighted by atomic mass is 14.7. The highest BCUT2D eigenvalue weighted by Gasteiger charge is 2.12. The van der Waals surface area contributed by atoms with Crippen LogP contribution in [0, 0.1) is 22.7 Å². The molecule has 0 aliphatic carbocycles. The number of aromatic nitrogens is 2. The summed E-state index contributed by atoms with van der Waals surface area (Å²) in [5.74, 6) is 0. The maximum atomic E-state index is 9.82. The molecule has 0 atom stereocenters. The molecule has 4 aromatic carbocycles. The Hall–Kier alpha value is -5.06. The highest BCUT2D eigenvalue weighted by Crippen LogP contribution is 2.33. The van der Waals surface area contributed by atoms with Crippen molar-refractivity contribution in [1.29, 1.82) is 10.5 Å². The molecule has 0 aliphatic rings. The van der Waals surface area contributed by atoms with Crippen LogP contribution in [0.4, 0.5) is 0 Å². The molecule has 0 radical (unpaired) electrons. The summed E-state index contributed by atoms with van der Waals surface area (Å²) in [5, 5.41) is 25.1. The first-order valence-corrected chi connectivity index (χ1v) is 10.9. The summed E-state index contributed by atoms with van der Waals surface area (Å²) in [6.07, 6.45) is 0. The van der Waals surface area contributed by atoms with Crippen LogP contribution in [0.5, 0.6) is 0 Å². The lowest BCUT2D eigenvalue weighted by Crippen LogP contribution is -1.93. The second-order valence-corrected chi connectivity index (χ2v) is 8.16. The van der Waals surface area contributed by atoms with Gasteiger partial charge >= 0.3 is 0 Å². The summed E-state index contributed by atoms with van der Waals surface area (Å²) < 4.78 is 0. The number of benzene rings is 4. The molecule has 2 aromatic heterocycles. The molecule has 0 aliphatic heterocycles. The van der Waals surface area contributed by atoms with Crippen LogP contribution >= 0.6 is 0 Å². The predicted octanol–water partition coefficient (Wildman–Crippen LogP) is 7.01. The fourth-order valence-electron chi connectivity index (χ4n) is 4.44. The summed E-state index contributed by atoms with van der Waals surface area (Å²) in [5.41, 5.74) is 4.24. The van der Waals surface area contributed by atoms with Crippen molar-refractivity contribution in [3.05, 3.63) is 108 Å². The number of hydrogen-bond acceptors (Lipinski definition) is 4. The van der Waals surface area contributed by atoms with Crippen LogP contribution in [-0.2, 0) is 0 Å². The average molecular weight is 432 g/mol. The zero-order chi connectivity index (χ0) is 23.1. The van der Waals surface area contributed by atoms with Gasteiger partial charge in [-0.05, 0) is 57.9 Å². The van der Waals surface area contributed by atoms with Crippen molar-refractivity contribution in [3.63, 3.8) is 0 Å². The predicted molar refractivity (Wildman–Crippen MR) is 135 cm³/mol. The molecular weight excluding hydrogens is 416 g/mol. The first kappa shape index (κ1) is 19.6. The molecule has 6 aromatic rings. The Balaban J connectivity index is 1.62. The molecule has 0 unspecified atom stereocenters. The van der Waals surface area contributed by atoms with Gasteiger partial charge in [-0.3, -0.25) is 0 Å². The van der Waals surface area contributed by atoms with E-state index in [-0.39, 0.29) is 0 Å². The zero-order valence-electron chi connectivity index (χ0n) is 18.0. The van der Waals surface area contributed by atoms with Gasteiger partial charge in [0.2, 0.25) is 0 Å². The Morgan fingerprint density at radius 2 is 0.882 bits per heavy atom. The SMILES string of the molecule is N#Cc1nc(-c2ccccc2)cc2cc3cc4c(C#N)nc(-c5ccccc5)cc4cc3cc12. The van der Waals surface area contributed by atoms with E-state index in [9.17, 15) is 10.5 Å². The smallest absolute Gasteiger partial charge is 0.149 e. The van der Waals surface area contributed by atoms with E-state index in [4.69, 9.17) is 0 Å². The van der Waals surface area contributed by atoms with Crippen LogP contribution < -0.4 is 0 Å². The monoisotopic (exact) mass is 432 g/mol. The van der Waals surface area contributed by atoms with Crippen molar-refractivity contribution in [2.45, 2.75) is 0 Å². The molecule has 0 amide bonds. The van der Waals surface area contributed by atoms with E-state index in [1.807, 2.05) is 84.9 Å². The number of hydrogen-bond donors (Lipinski definition) is 0. The van der Waals surface area contributed by atoms with Gasteiger partial charge < -0.3 is 0 Å². The fourth-order valence-corrected chi connectivity index (χ4v) is 4.44. The maximum absolute atomic E-state index is 9.82. The Morgan fingerprint density at radius 3 is 1.26 bits per heavy atom. The van der Waals surface area contributed by atoms with Crippen molar-refractivity contribution >= 4 is 32.3 Å². The summed E-state index contributed by atoms with van der Waals surface area (Å²) in [7, 11) is 0. The van der Waals surface area contributed by atoms with E-state index in [1.165, 1.54) is 0 Å². The molecule has 156 valence electrons. The third-order valence-corrected chi connectivity index (χ3v) is 6.09. The van der Waals surface area contributed by atoms with Crippen LogP contribution in [0.1, 0.15) is 11.4 Å². The molecule has 4 nitrogen and oxygen atoms in total. The van der Waals surface area contributed by atoms with Gasteiger partial charge in [0.1, 0.15) is 23.5 Å². The van der Waals surface area contributed by atoms with Crippen LogP contribution in [0.15, 0.2) is 97.1 Å². The van der Waals surface area contributed by atoms with Crippen LogP contribution in [-0.4, -0.2) is 9.97 Å². The van der Waals surface area contributed by atoms with Gasteiger partial charge in [0, 0.05) is 21.9 Å².